The first-order valence-corrected chi connectivity index (χ1v) is 8.83. The normalized spacial score (nSPS) is 16.9. The Labute approximate surface area is 144 Å². The largest absolute Gasteiger partial charge is 0.355 e. The molecule has 0 bridgehead atoms. The van der Waals surface area contributed by atoms with Crippen LogP contribution < -0.4 is 10.6 Å². The molecule has 0 spiro atoms. The first kappa shape index (κ1) is 16.6. The van der Waals surface area contributed by atoms with Crippen LogP contribution in [-0.2, 0) is 9.59 Å². The van der Waals surface area contributed by atoms with Gasteiger partial charge >= 0.3 is 0 Å². The standard InChI is InChI=1S/C17H20N4O2S/c22-14-6-9-21(10-7-18-14)12-15(23)20-16(17-19-8-11-24-17)13-4-2-1-3-5-13/h1-5,8,11,16H,6-7,9-10,12H2,(H,18,22)(H,20,23). The number of aromatic nitrogens is 1. The second kappa shape index (κ2) is 8.03. The van der Waals surface area contributed by atoms with E-state index in [-0.39, 0.29) is 24.4 Å². The number of hydrogen-bond donors (Lipinski definition) is 2. The van der Waals surface area contributed by atoms with Crippen molar-refractivity contribution in [3.8, 4) is 0 Å². The van der Waals surface area contributed by atoms with E-state index in [1.54, 1.807) is 6.20 Å². The van der Waals surface area contributed by atoms with Gasteiger partial charge < -0.3 is 10.6 Å². The summed E-state index contributed by atoms with van der Waals surface area (Å²) in [5.74, 6) is -0.0174. The average molecular weight is 344 g/mol. The maximum atomic E-state index is 12.5. The average Bonchev–Trinajstić information content (AvgIpc) is 3.05. The Bertz CT molecular complexity index is 675. The highest BCUT2D eigenvalue weighted by molar-refractivity contribution is 7.09. The number of rotatable bonds is 5. The van der Waals surface area contributed by atoms with Gasteiger partial charge in [-0.3, -0.25) is 14.5 Å². The van der Waals surface area contributed by atoms with Crippen LogP contribution >= 0.6 is 11.3 Å². The molecule has 24 heavy (non-hydrogen) atoms. The van der Waals surface area contributed by atoms with Crippen molar-refractivity contribution in [1.82, 2.24) is 20.5 Å². The monoisotopic (exact) mass is 344 g/mol. The third-order valence-electron chi connectivity index (χ3n) is 3.91. The zero-order valence-corrected chi connectivity index (χ0v) is 14.1. The van der Waals surface area contributed by atoms with Gasteiger partial charge in [0.1, 0.15) is 11.0 Å². The molecule has 1 fully saturated rings. The first-order chi connectivity index (χ1) is 11.7. The number of carbonyl (C=O) groups is 2. The van der Waals surface area contributed by atoms with E-state index in [1.807, 2.05) is 40.6 Å². The van der Waals surface area contributed by atoms with Gasteiger partial charge in [-0.05, 0) is 5.56 Å². The summed E-state index contributed by atoms with van der Waals surface area (Å²) in [6, 6.07) is 9.58. The van der Waals surface area contributed by atoms with E-state index in [4.69, 9.17) is 0 Å². The van der Waals surface area contributed by atoms with Crippen LogP contribution in [0.25, 0.3) is 0 Å². The van der Waals surface area contributed by atoms with Crippen molar-refractivity contribution in [3.05, 3.63) is 52.5 Å². The van der Waals surface area contributed by atoms with E-state index in [0.717, 1.165) is 10.6 Å². The highest BCUT2D eigenvalue weighted by Gasteiger charge is 2.21. The third-order valence-corrected chi connectivity index (χ3v) is 4.75. The molecule has 1 aliphatic heterocycles. The van der Waals surface area contributed by atoms with Crippen molar-refractivity contribution in [2.24, 2.45) is 0 Å². The van der Waals surface area contributed by atoms with Crippen LogP contribution in [0.2, 0.25) is 0 Å². The smallest absolute Gasteiger partial charge is 0.235 e. The molecule has 0 saturated carbocycles. The minimum Gasteiger partial charge on any atom is -0.355 e. The molecule has 1 atom stereocenters. The van der Waals surface area contributed by atoms with Crippen LogP contribution in [-0.4, -0.2) is 47.9 Å². The van der Waals surface area contributed by atoms with Gasteiger partial charge in [0.2, 0.25) is 11.8 Å². The number of benzene rings is 1. The van der Waals surface area contributed by atoms with Crippen LogP contribution in [0.3, 0.4) is 0 Å². The van der Waals surface area contributed by atoms with Crippen LogP contribution in [0.15, 0.2) is 41.9 Å². The summed E-state index contributed by atoms with van der Waals surface area (Å²) in [5.41, 5.74) is 1.01. The van der Waals surface area contributed by atoms with Gasteiger partial charge in [0.25, 0.3) is 0 Å². The van der Waals surface area contributed by atoms with E-state index in [0.29, 0.717) is 26.1 Å². The predicted molar refractivity (Wildman–Crippen MR) is 92.6 cm³/mol. The Hall–Kier alpha value is -2.25. The van der Waals surface area contributed by atoms with E-state index < -0.39 is 0 Å². The fraction of sp³-hybridized carbons (Fsp3) is 0.353. The number of amides is 2. The van der Waals surface area contributed by atoms with Gasteiger partial charge in [-0.1, -0.05) is 30.3 Å². The fourth-order valence-electron chi connectivity index (χ4n) is 2.69. The van der Waals surface area contributed by atoms with Gasteiger partial charge in [0.05, 0.1) is 6.54 Å². The molecule has 1 unspecified atom stereocenters. The van der Waals surface area contributed by atoms with Gasteiger partial charge in [0, 0.05) is 37.6 Å². The number of nitrogens with one attached hydrogen (secondary N) is 2. The summed E-state index contributed by atoms with van der Waals surface area (Å²) in [6.45, 7) is 2.16. The third kappa shape index (κ3) is 4.39. The van der Waals surface area contributed by atoms with Gasteiger partial charge in [-0.25, -0.2) is 4.98 Å². The summed E-state index contributed by atoms with van der Waals surface area (Å²) in [7, 11) is 0. The summed E-state index contributed by atoms with van der Waals surface area (Å²) in [5, 5.41) is 8.66. The van der Waals surface area contributed by atoms with Crippen molar-refractivity contribution >= 4 is 23.2 Å². The highest BCUT2D eigenvalue weighted by atomic mass is 32.1. The molecule has 2 heterocycles. The van der Waals surface area contributed by atoms with Crippen LogP contribution in [0.1, 0.15) is 23.0 Å². The molecule has 1 saturated heterocycles. The van der Waals surface area contributed by atoms with Gasteiger partial charge in [-0.15, -0.1) is 11.3 Å². The first-order valence-electron chi connectivity index (χ1n) is 7.95. The molecule has 1 aromatic heterocycles. The number of nitrogens with zero attached hydrogens (tertiary/aromatic N) is 2. The molecule has 2 N–H and O–H groups in total. The Morgan fingerprint density at radius 1 is 1.33 bits per heavy atom. The second-order valence-corrected chi connectivity index (χ2v) is 6.58. The molecule has 126 valence electrons. The molecule has 2 amide bonds. The van der Waals surface area contributed by atoms with Gasteiger partial charge in [0.15, 0.2) is 0 Å². The fourth-order valence-corrected chi connectivity index (χ4v) is 3.41. The van der Waals surface area contributed by atoms with E-state index in [2.05, 4.69) is 15.6 Å². The molecule has 0 radical (unpaired) electrons. The molecule has 7 heteroatoms. The van der Waals surface area contributed by atoms with Crippen LogP contribution in [0, 0.1) is 0 Å². The Morgan fingerprint density at radius 3 is 2.92 bits per heavy atom. The molecule has 1 aromatic carbocycles. The molecule has 6 nitrogen and oxygen atoms in total. The number of thiazole rings is 1. The van der Waals surface area contributed by atoms with Crippen molar-refractivity contribution in [2.45, 2.75) is 12.5 Å². The minimum atomic E-state index is -0.245. The lowest BCUT2D eigenvalue weighted by molar-refractivity contribution is -0.123. The van der Waals surface area contributed by atoms with E-state index in [1.165, 1.54) is 11.3 Å². The molecular weight excluding hydrogens is 324 g/mol. The second-order valence-electron chi connectivity index (χ2n) is 5.66. The SMILES string of the molecule is O=C1CCN(CC(=O)NC(c2ccccc2)c2nccs2)CCN1. The number of carbonyl (C=O) groups excluding carboxylic acids is 2. The lowest BCUT2D eigenvalue weighted by Gasteiger charge is -2.21. The quantitative estimate of drug-likeness (QED) is 0.854. The van der Waals surface area contributed by atoms with Crippen molar-refractivity contribution in [1.29, 1.82) is 0 Å². The van der Waals surface area contributed by atoms with Crippen LogP contribution in [0.5, 0.6) is 0 Å². The lowest BCUT2D eigenvalue weighted by atomic mass is 10.1. The molecular formula is C17H20N4O2S. The maximum Gasteiger partial charge on any atom is 0.235 e. The molecule has 2 aromatic rings. The molecule has 1 aliphatic rings. The maximum absolute atomic E-state index is 12.5. The summed E-state index contributed by atoms with van der Waals surface area (Å²) < 4.78 is 0. The summed E-state index contributed by atoms with van der Waals surface area (Å²) in [4.78, 5) is 30.2. The van der Waals surface area contributed by atoms with Crippen LogP contribution in [0.4, 0.5) is 0 Å². The van der Waals surface area contributed by atoms with Gasteiger partial charge in [-0.2, -0.15) is 0 Å². The van der Waals surface area contributed by atoms with Crippen molar-refractivity contribution in [2.75, 3.05) is 26.2 Å². The zero-order valence-electron chi connectivity index (χ0n) is 13.3. The summed E-state index contributed by atoms with van der Waals surface area (Å²) in [6.07, 6.45) is 2.18. The van der Waals surface area contributed by atoms with E-state index >= 15 is 0 Å². The van der Waals surface area contributed by atoms with Crippen molar-refractivity contribution < 1.29 is 9.59 Å². The Balaban J connectivity index is 1.66. The van der Waals surface area contributed by atoms with Crippen molar-refractivity contribution in [3.63, 3.8) is 0 Å². The highest BCUT2D eigenvalue weighted by Crippen LogP contribution is 2.23. The number of hydrogen-bond acceptors (Lipinski definition) is 5. The molecule has 3 rings (SSSR count). The Morgan fingerprint density at radius 2 is 2.17 bits per heavy atom. The predicted octanol–water partition coefficient (Wildman–Crippen LogP) is 1.17. The van der Waals surface area contributed by atoms with E-state index in [9.17, 15) is 9.59 Å². The summed E-state index contributed by atoms with van der Waals surface area (Å²) >= 11 is 1.52. The zero-order chi connectivity index (χ0) is 16.8. The minimum absolute atomic E-state index is 0.0443. The topological polar surface area (TPSA) is 74.3 Å². The lowest BCUT2D eigenvalue weighted by Crippen LogP contribution is -2.40. The molecule has 0 aliphatic carbocycles. The Kier molecular flexibility index (Phi) is 5.55.